The molecule has 4 rings (SSSR count). The predicted octanol–water partition coefficient (Wildman–Crippen LogP) is 5.00. The Morgan fingerprint density at radius 2 is 1.70 bits per heavy atom. The molecule has 0 spiro atoms. The molecule has 27 heavy (non-hydrogen) atoms. The van der Waals surface area contributed by atoms with Gasteiger partial charge in [-0.1, -0.05) is 42.5 Å². The van der Waals surface area contributed by atoms with Gasteiger partial charge in [-0.25, -0.2) is 9.37 Å². The van der Waals surface area contributed by atoms with E-state index < -0.39 is 0 Å². The van der Waals surface area contributed by atoms with Gasteiger partial charge in [-0.05, 0) is 60.5 Å². The average Bonchev–Trinajstić information content (AvgIpc) is 2.68. The monoisotopic (exact) mass is 356 g/mol. The van der Waals surface area contributed by atoms with E-state index in [0.29, 0.717) is 16.7 Å². The van der Waals surface area contributed by atoms with Crippen LogP contribution in [0.4, 0.5) is 4.39 Å². The van der Waals surface area contributed by atoms with Crippen LogP contribution in [0.25, 0.3) is 28.7 Å². The Balaban J connectivity index is 1.93. The van der Waals surface area contributed by atoms with E-state index in [0.717, 1.165) is 16.8 Å². The predicted molar refractivity (Wildman–Crippen MR) is 107 cm³/mol. The van der Waals surface area contributed by atoms with Crippen molar-refractivity contribution in [3.63, 3.8) is 0 Å². The minimum Gasteiger partial charge on any atom is -0.268 e. The van der Waals surface area contributed by atoms with Gasteiger partial charge in [0.2, 0.25) is 0 Å². The smallest absolute Gasteiger partial charge is 0.266 e. The summed E-state index contributed by atoms with van der Waals surface area (Å²) in [5.41, 5.74) is 3.17. The molecule has 0 radical (unpaired) electrons. The molecule has 0 fully saturated rings. The molecule has 132 valence electrons. The van der Waals surface area contributed by atoms with E-state index in [4.69, 9.17) is 0 Å². The highest BCUT2D eigenvalue weighted by molar-refractivity contribution is 5.80. The second kappa shape index (κ2) is 7.00. The highest BCUT2D eigenvalue weighted by Gasteiger charge is 2.11. The summed E-state index contributed by atoms with van der Waals surface area (Å²) in [6.07, 6.45) is 3.60. The maximum Gasteiger partial charge on any atom is 0.266 e. The van der Waals surface area contributed by atoms with Crippen molar-refractivity contribution < 1.29 is 4.39 Å². The second-order valence-electron chi connectivity index (χ2n) is 6.35. The fourth-order valence-electron chi connectivity index (χ4n) is 3.02. The maximum absolute atomic E-state index is 13.2. The largest absolute Gasteiger partial charge is 0.268 e. The first kappa shape index (κ1) is 16.9. The Kier molecular flexibility index (Phi) is 4.38. The summed E-state index contributed by atoms with van der Waals surface area (Å²) >= 11 is 0. The molecule has 0 atom stereocenters. The fraction of sp³-hybridized carbons (Fsp3) is 0.0435. The Labute approximate surface area is 156 Å². The summed E-state index contributed by atoms with van der Waals surface area (Å²) in [7, 11) is 0. The molecule has 0 saturated heterocycles. The van der Waals surface area contributed by atoms with Crippen LogP contribution in [0.1, 0.15) is 17.0 Å². The molecule has 0 N–H and O–H groups in total. The summed E-state index contributed by atoms with van der Waals surface area (Å²) in [6.45, 7) is 1.98. The van der Waals surface area contributed by atoms with Crippen molar-refractivity contribution in [1.82, 2.24) is 9.55 Å². The standard InChI is InChI=1S/C23H17FN2O/c1-16-5-4-6-19(15-16)26-22(14-11-17-9-12-18(24)13-10-17)25-21-8-3-2-7-20(21)23(26)27/h2-15H,1H3/b14-11+. The third-order valence-corrected chi connectivity index (χ3v) is 4.36. The van der Waals surface area contributed by atoms with Crippen molar-refractivity contribution in [2.24, 2.45) is 0 Å². The van der Waals surface area contributed by atoms with Crippen LogP contribution < -0.4 is 5.56 Å². The summed E-state index contributed by atoms with van der Waals surface area (Å²) in [6, 6.07) is 21.2. The van der Waals surface area contributed by atoms with Gasteiger partial charge in [0.1, 0.15) is 11.6 Å². The number of rotatable bonds is 3. The van der Waals surface area contributed by atoms with E-state index in [-0.39, 0.29) is 11.4 Å². The maximum atomic E-state index is 13.2. The lowest BCUT2D eigenvalue weighted by atomic mass is 10.2. The molecule has 0 unspecified atom stereocenters. The molecule has 0 saturated carbocycles. The van der Waals surface area contributed by atoms with Gasteiger partial charge >= 0.3 is 0 Å². The highest BCUT2D eigenvalue weighted by Crippen LogP contribution is 2.16. The molecular weight excluding hydrogens is 339 g/mol. The quantitative estimate of drug-likeness (QED) is 0.517. The van der Waals surface area contributed by atoms with Gasteiger partial charge in [0.25, 0.3) is 5.56 Å². The van der Waals surface area contributed by atoms with Crippen LogP contribution in [-0.4, -0.2) is 9.55 Å². The first-order valence-electron chi connectivity index (χ1n) is 8.64. The molecule has 0 aliphatic carbocycles. The van der Waals surface area contributed by atoms with Crippen LogP contribution in [0.2, 0.25) is 0 Å². The molecule has 3 nitrogen and oxygen atoms in total. The van der Waals surface area contributed by atoms with Crippen LogP contribution in [0.15, 0.2) is 77.6 Å². The topological polar surface area (TPSA) is 34.9 Å². The number of para-hydroxylation sites is 1. The Hall–Kier alpha value is -3.53. The van der Waals surface area contributed by atoms with Crippen LogP contribution in [-0.2, 0) is 0 Å². The molecule has 4 aromatic rings. The minimum atomic E-state index is -0.285. The molecule has 1 aromatic heterocycles. The molecule has 1 heterocycles. The van der Waals surface area contributed by atoms with Gasteiger partial charge in [0.15, 0.2) is 0 Å². The first-order chi connectivity index (χ1) is 13.1. The van der Waals surface area contributed by atoms with E-state index in [1.807, 2.05) is 55.5 Å². The lowest BCUT2D eigenvalue weighted by molar-refractivity contribution is 0.628. The normalized spacial score (nSPS) is 11.3. The van der Waals surface area contributed by atoms with Crippen LogP contribution in [0, 0.1) is 12.7 Å². The van der Waals surface area contributed by atoms with Gasteiger partial charge in [0.05, 0.1) is 16.6 Å². The van der Waals surface area contributed by atoms with Gasteiger partial charge in [-0.15, -0.1) is 0 Å². The SMILES string of the molecule is Cc1cccc(-n2c(/C=C/c3ccc(F)cc3)nc3ccccc3c2=O)c1. The number of fused-ring (bicyclic) bond motifs is 1. The van der Waals surface area contributed by atoms with E-state index in [2.05, 4.69) is 4.98 Å². The van der Waals surface area contributed by atoms with Crippen molar-refractivity contribution in [2.45, 2.75) is 6.92 Å². The van der Waals surface area contributed by atoms with Crippen molar-refractivity contribution in [3.05, 3.63) is 106 Å². The van der Waals surface area contributed by atoms with Crippen LogP contribution in [0.3, 0.4) is 0 Å². The Bertz CT molecular complexity index is 1210. The number of benzene rings is 3. The molecule has 0 bridgehead atoms. The van der Waals surface area contributed by atoms with Gasteiger partial charge in [-0.3, -0.25) is 9.36 Å². The fourth-order valence-corrected chi connectivity index (χ4v) is 3.02. The first-order valence-corrected chi connectivity index (χ1v) is 8.64. The zero-order valence-electron chi connectivity index (χ0n) is 14.8. The van der Waals surface area contributed by atoms with Crippen molar-refractivity contribution in [3.8, 4) is 5.69 Å². The average molecular weight is 356 g/mol. The molecule has 0 amide bonds. The lowest BCUT2D eigenvalue weighted by Crippen LogP contribution is -2.22. The summed E-state index contributed by atoms with van der Waals surface area (Å²) in [5.74, 6) is 0.237. The van der Waals surface area contributed by atoms with Crippen molar-refractivity contribution in [1.29, 1.82) is 0 Å². The van der Waals surface area contributed by atoms with E-state index in [9.17, 15) is 9.18 Å². The van der Waals surface area contributed by atoms with Gasteiger partial charge in [0, 0.05) is 0 Å². The molecule has 0 aliphatic rings. The molecule has 3 aromatic carbocycles. The van der Waals surface area contributed by atoms with Crippen LogP contribution >= 0.6 is 0 Å². The van der Waals surface area contributed by atoms with Crippen LogP contribution in [0.5, 0.6) is 0 Å². The van der Waals surface area contributed by atoms with E-state index in [1.165, 1.54) is 12.1 Å². The molecular formula is C23H17FN2O. The number of nitrogens with zero attached hydrogens (tertiary/aromatic N) is 2. The zero-order chi connectivity index (χ0) is 18.8. The van der Waals surface area contributed by atoms with E-state index >= 15 is 0 Å². The van der Waals surface area contributed by atoms with Gasteiger partial charge in [-0.2, -0.15) is 0 Å². The number of halogens is 1. The number of aromatic nitrogens is 2. The number of hydrogen-bond donors (Lipinski definition) is 0. The van der Waals surface area contributed by atoms with Crippen molar-refractivity contribution >= 4 is 23.1 Å². The lowest BCUT2D eigenvalue weighted by Gasteiger charge is -2.12. The summed E-state index contributed by atoms with van der Waals surface area (Å²) < 4.78 is 14.7. The summed E-state index contributed by atoms with van der Waals surface area (Å²) in [5, 5.41) is 0.568. The van der Waals surface area contributed by atoms with Crippen molar-refractivity contribution in [2.75, 3.05) is 0 Å². The molecule has 0 aliphatic heterocycles. The molecule has 4 heteroatoms. The Morgan fingerprint density at radius 1 is 0.926 bits per heavy atom. The number of hydrogen-bond acceptors (Lipinski definition) is 2. The summed E-state index contributed by atoms with van der Waals surface area (Å²) in [4.78, 5) is 17.8. The zero-order valence-corrected chi connectivity index (χ0v) is 14.8. The number of aryl methyl sites for hydroxylation is 1. The Morgan fingerprint density at radius 3 is 2.48 bits per heavy atom. The minimum absolute atomic E-state index is 0.120. The third kappa shape index (κ3) is 3.42. The van der Waals surface area contributed by atoms with E-state index in [1.54, 1.807) is 28.8 Å². The third-order valence-electron chi connectivity index (χ3n) is 4.36. The second-order valence-corrected chi connectivity index (χ2v) is 6.35. The van der Waals surface area contributed by atoms with Gasteiger partial charge < -0.3 is 0 Å². The highest BCUT2D eigenvalue weighted by atomic mass is 19.1.